The van der Waals surface area contributed by atoms with E-state index in [1.54, 1.807) is 0 Å². The topological polar surface area (TPSA) is 66.0 Å². The number of nitrogens with zero attached hydrogens (tertiary/aromatic N) is 2. The van der Waals surface area contributed by atoms with Gasteiger partial charge in [0.25, 0.3) is 12.5 Å². The monoisotopic (exact) mass is 386 g/mol. The lowest BCUT2D eigenvalue weighted by Gasteiger charge is -2.21. The third-order valence-electron chi connectivity index (χ3n) is 3.51. The van der Waals surface area contributed by atoms with Gasteiger partial charge in [0, 0.05) is 17.5 Å². The van der Waals surface area contributed by atoms with Crippen molar-refractivity contribution in [2.75, 3.05) is 0 Å². The third kappa shape index (κ3) is 4.42. The SMILES string of the molecule is N#COc1ccccc1Cc1c(OC#N)ccc(C(F)(F)F)c1C(F)(F)F. The molecule has 140 valence electrons. The van der Waals surface area contributed by atoms with Crippen LogP contribution in [0.3, 0.4) is 0 Å². The predicted molar refractivity (Wildman–Crippen MR) is 78.2 cm³/mol. The molecule has 0 amide bonds. The summed E-state index contributed by atoms with van der Waals surface area (Å²) in [4.78, 5) is 0. The Bertz CT molecular complexity index is 923. The molecule has 0 aromatic heterocycles. The number of alkyl halides is 6. The average Bonchev–Trinajstić information content (AvgIpc) is 2.56. The maximum absolute atomic E-state index is 13.5. The fourth-order valence-electron chi connectivity index (χ4n) is 2.50. The van der Waals surface area contributed by atoms with Gasteiger partial charge in [0.2, 0.25) is 0 Å². The van der Waals surface area contributed by atoms with Crippen molar-refractivity contribution >= 4 is 0 Å². The molecule has 2 aromatic carbocycles. The Hall–Kier alpha value is -3.40. The van der Waals surface area contributed by atoms with Crippen LogP contribution in [0, 0.1) is 23.0 Å². The summed E-state index contributed by atoms with van der Waals surface area (Å²) in [5, 5.41) is 17.2. The highest BCUT2D eigenvalue weighted by Crippen LogP contribution is 2.45. The third-order valence-corrected chi connectivity index (χ3v) is 3.51. The first-order valence-electron chi connectivity index (χ1n) is 7.09. The molecule has 0 bridgehead atoms. The van der Waals surface area contributed by atoms with Gasteiger partial charge < -0.3 is 9.47 Å². The van der Waals surface area contributed by atoms with Crippen LogP contribution in [0.1, 0.15) is 22.3 Å². The largest absolute Gasteiger partial charge is 0.417 e. The number of benzene rings is 2. The van der Waals surface area contributed by atoms with E-state index in [9.17, 15) is 26.3 Å². The lowest BCUT2D eigenvalue weighted by atomic mass is 9.93. The number of hydrogen-bond donors (Lipinski definition) is 0. The Morgan fingerprint density at radius 1 is 0.778 bits per heavy atom. The number of rotatable bonds is 4. The Labute approximate surface area is 148 Å². The van der Waals surface area contributed by atoms with E-state index in [4.69, 9.17) is 10.5 Å². The molecule has 27 heavy (non-hydrogen) atoms. The molecule has 2 aromatic rings. The zero-order valence-electron chi connectivity index (χ0n) is 13.1. The maximum atomic E-state index is 13.5. The molecule has 0 radical (unpaired) electrons. The van der Waals surface area contributed by atoms with Gasteiger partial charge in [0.05, 0.1) is 11.1 Å². The summed E-state index contributed by atoms with van der Waals surface area (Å²) in [5.74, 6) is -0.807. The van der Waals surface area contributed by atoms with Crippen molar-refractivity contribution in [3.63, 3.8) is 0 Å². The molecule has 4 nitrogen and oxygen atoms in total. The lowest BCUT2D eigenvalue weighted by Crippen LogP contribution is -2.20. The minimum atomic E-state index is -5.37. The Morgan fingerprint density at radius 2 is 1.37 bits per heavy atom. The van der Waals surface area contributed by atoms with Crippen molar-refractivity contribution < 1.29 is 35.8 Å². The molecule has 0 N–H and O–H groups in total. The van der Waals surface area contributed by atoms with Crippen LogP contribution in [0.25, 0.3) is 0 Å². The molecule has 0 unspecified atom stereocenters. The van der Waals surface area contributed by atoms with Gasteiger partial charge in [-0.2, -0.15) is 26.3 Å². The summed E-state index contributed by atoms with van der Waals surface area (Å²) < 4.78 is 89.0. The van der Waals surface area contributed by atoms with Crippen molar-refractivity contribution in [1.82, 2.24) is 0 Å². The molecule has 10 heteroatoms. The Morgan fingerprint density at radius 3 is 1.93 bits per heavy atom. The minimum absolute atomic E-state index is 0.00617. The smallest absolute Gasteiger partial charge is 0.388 e. The van der Waals surface area contributed by atoms with Crippen LogP contribution in [-0.2, 0) is 18.8 Å². The molecular formula is C17H8F6N2O2. The summed E-state index contributed by atoms with van der Waals surface area (Å²) >= 11 is 0. The Kier molecular flexibility index (Phi) is 5.50. The number of hydrogen-bond acceptors (Lipinski definition) is 4. The quantitative estimate of drug-likeness (QED) is 0.546. The first-order valence-corrected chi connectivity index (χ1v) is 7.09. The first-order chi connectivity index (χ1) is 12.6. The number of halogens is 6. The summed E-state index contributed by atoms with van der Waals surface area (Å²) in [7, 11) is 0. The van der Waals surface area contributed by atoms with Crippen molar-refractivity contribution in [2.45, 2.75) is 18.8 Å². The summed E-state index contributed by atoms with van der Waals surface area (Å²) in [6.07, 6.45) is -8.87. The van der Waals surface area contributed by atoms with Crippen molar-refractivity contribution in [2.24, 2.45) is 0 Å². The van der Waals surface area contributed by atoms with E-state index in [-0.39, 0.29) is 17.4 Å². The van der Waals surface area contributed by atoms with Gasteiger partial charge in [-0.15, -0.1) is 10.5 Å². The second-order valence-corrected chi connectivity index (χ2v) is 5.13. The number of ether oxygens (including phenoxy) is 2. The van der Waals surface area contributed by atoms with E-state index in [0.29, 0.717) is 6.07 Å². The molecule has 0 aliphatic carbocycles. The van der Waals surface area contributed by atoms with Gasteiger partial charge in [-0.05, 0) is 18.2 Å². The van der Waals surface area contributed by atoms with Crippen molar-refractivity contribution in [3.8, 4) is 24.0 Å². The summed E-state index contributed by atoms with van der Waals surface area (Å²) in [6, 6.07) is 6.24. The van der Waals surface area contributed by atoms with Crippen LogP contribution in [0.2, 0.25) is 0 Å². The fourth-order valence-corrected chi connectivity index (χ4v) is 2.50. The van der Waals surface area contributed by atoms with Crippen LogP contribution in [0.5, 0.6) is 11.5 Å². The second-order valence-electron chi connectivity index (χ2n) is 5.13. The van der Waals surface area contributed by atoms with Crippen molar-refractivity contribution in [1.29, 1.82) is 10.5 Å². The summed E-state index contributed by atoms with van der Waals surface area (Å²) in [5.41, 5.74) is -4.76. The number of nitriles is 2. The second kappa shape index (κ2) is 7.46. The molecule has 2 rings (SSSR count). The molecule has 0 saturated heterocycles. The Balaban J connectivity index is 2.77. The summed E-state index contributed by atoms with van der Waals surface area (Å²) in [6.45, 7) is 0. The van der Waals surface area contributed by atoms with Gasteiger partial charge in [0.15, 0.2) is 0 Å². The highest BCUT2D eigenvalue weighted by Gasteiger charge is 2.45. The molecule has 0 atom stereocenters. The van der Waals surface area contributed by atoms with Crippen LogP contribution >= 0.6 is 0 Å². The molecule has 0 saturated carbocycles. The van der Waals surface area contributed by atoms with E-state index < -0.39 is 41.2 Å². The highest BCUT2D eigenvalue weighted by atomic mass is 19.4. The normalized spacial score (nSPS) is 11.4. The molecule has 0 aliphatic rings. The molecule has 0 fully saturated rings. The fraction of sp³-hybridized carbons (Fsp3) is 0.176. The lowest BCUT2D eigenvalue weighted by molar-refractivity contribution is -0.162. The van der Waals surface area contributed by atoms with Crippen molar-refractivity contribution in [3.05, 3.63) is 58.7 Å². The highest BCUT2D eigenvalue weighted by molar-refractivity contribution is 5.52. The minimum Gasteiger partial charge on any atom is -0.388 e. The number of para-hydroxylation sites is 1. The molecule has 0 aliphatic heterocycles. The zero-order valence-corrected chi connectivity index (χ0v) is 13.1. The molecule has 0 spiro atoms. The van der Waals surface area contributed by atoms with Crippen LogP contribution in [0.4, 0.5) is 26.3 Å². The van der Waals surface area contributed by atoms with Gasteiger partial charge in [-0.3, -0.25) is 0 Å². The van der Waals surface area contributed by atoms with E-state index in [0.717, 1.165) is 6.26 Å². The predicted octanol–water partition coefficient (Wildman–Crippen LogP) is 5.03. The van der Waals surface area contributed by atoms with Gasteiger partial charge in [0.1, 0.15) is 11.5 Å². The van der Waals surface area contributed by atoms with E-state index in [2.05, 4.69) is 9.47 Å². The molecule has 0 heterocycles. The molecular weight excluding hydrogens is 378 g/mol. The van der Waals surface area contributed by atoms with Crippen LogP contribution < -0.4 is 9.47 Å². The van der Waals surface area contributed by atoms with E-state index in [1.807, 2.05) is 0 Å². The van der Waals surface area contributed by atoms with E-state index >= 15 is 0 Å². The van der Waals surface area contributed by atoms with Crippen LogP contribution in [0.15, 0.2) is 36.4 Å². The standard InChI is InChI=1S/C17H8F6N2O2/c18-16(19,20)12-5-6-14(27-9-25)11(15(12)17(21,22)23)7-10-3-1-2-4-13(10)26-8-24/h1-6H,7H2. The van der Waals surface area contributed by atoms with E-state index in [1.165, 1.54) is 30.5 Å². The van der Waals surface area contributed by atoms with Gasteiger partial charge >= 0.3 is 12.4 Å². The van der Waals surface area contributed by atoms with Gasteiger partial charge in [-0.25, -0.2) is 0 Å². The van der Waals surface area contributed by atoms with Gasteiger partial charge in [-0.1, -0.05) is 18.2 Å². The zero-order chi connectivity index (χ0) is 20.2. The first kappa shape index (κ1) is 19.9. The maximum Gasteiger partial charge on any atom is 0.417 e. The average molecular weight is 386 g/mol. The van der Waals surface area contributed by atoms with Crippen LogP contribution in [-0.4, -0.2) is 0 Å².